The second-order valence-corrected chi connectivity index (χ2v) is 9.18. The Hall–Kier alpha value is -2.41. The largest absolute Gasteiger partial charge is 0.368 e. The Morgan fingerprint density at radius 1 is 1.00 bits per heavy atom. The first-order valence-corrected chi connectivity index (χ1v) is 10.5. The molecule has 162 valence electrons. The number of nitrogens with two attached hydrogens (primary N) is 1. The molecule has 0 spiro atoms. The van der Waals surface area contributed by atoms with E-state index < -0.39 is 11.2 Å². The van der Waals surface area contributed by atoms with Crippen molar-refractivity contribution in [2.75, 3.05) is 5.73 Å². The molecule has 0 aliphatic carbocycles. The molecule has 3 N–H and O–H groups in total. The molecule has 9 heteroatoms. The summed E-state index contributed by atoms with van der Waals surface area (Å²) in [5.41, 5.74) is 6.90. The third kappa shape index (κ3) is 5.26. The van der Waals surface area contributed by atoms with Crippen LogP contribution in [0.2, 0.25) is 15.1 Å². The quantitative estimate of drug-likeness (QED) is 0.468. The lowest BCUT2D eigenvalue weighted by Crippen LogP contribution is -2.34. The van der Waals surface area contributed by atoms with E-state index in [2.05, 4.69) is 15.3 Å². The van der Waals surface area contributed by atoms with Gasteiger partial charge in [-0.05, 0) is 24.3 Å². The van der Waals surface area contributed by atoms with Crippen LogP contribution in [0.3, 0.4) is 0 Å². The van der Waals surface area contributed by atoms with Gasteiger partial charge >= 0.3 is 0 Å². The number of halogens is 4. The van der Waals surface area contributed by atoms with Crippen molar-refractivity contribution in [2.45, 2.75) is 27.3 Å². The third-order valence-electron chi connectivity index (χ3n) is 4.51. The molecular weight excluding hydrogens is 462 g/mol. The van der Waals surface area contributed by atoms with Crippen LogP contribution in [0.4, 0.5) is 10.3 Å². The molecule has 0 fully saturated rings. The van der Waals surface area contributed by atoms with Crippen LogP contribution in [0.1, 0.15) is 26.3 Å². The summed E-state index contributed by atoms with van der Waals surface area (Å²) in [4.78, 5) is 20.5. The minimum Gasteiger partial charge on any atom is -0.368 e. The second-order valence-electron chi connectivity index (χ2n) is 7.95. The van der Waals surface area contributed by atoms with Crippen molar-refractivity contribution in [1.82, 2.24) is 15.3 Å². The standard InChI is InChI=1S/C22H20Cl3FN4O/c1-22(2,3)20(31)28-10-12-5-7-14(24)18(19(12)26)17-9-16(29-21(27)30-17)11-4-6-13(23)15(25)8-11/h4-9H,10H2,1-3H3,(H,28,31)(H2,27,29,30). The van der Waals surface area contributed by atoms with Crippen LogP contribution < -0.4 is 11.1 Å². The Morgan fingerprint density at radius 2 is 1.65 bits per heavy atom. The lowest BCUT2D eigenvalue weighted by atomic mass is 9.95. The maximum atomic E-state index is 15.4. The summed E-state index contributed by atoms with van der Waals surface area (Å²) in [5.74, 6) is -0.850. The second kappa shape index (κ2) is 8.99. The molecule has 0 radical (unpaired) electrons. The van der Waals surface area contributed by atoms with Crippen LogP contribution >= 0.6 is 34.8 Å². The van der Waals surface area contributed by atoms with E-state index in [1.807, 2.05) is 0 Å². The highest BCUT2D eigenvalue weighted by molar-refractivity contribution is 6.42. The van der Waals surface area contributed by atoms with Gasteiger partial charge in [-0.3, -0.25) is 4.79 Å². The minimum absolute atomic E-state index is 0.00627. The van der Waals surface area contributed by atoms with Gasteiger partial charge in [0.2, 0.25) is 11.9 Å². The van der Waals surface area contributed by atoms with Gasteiger partial charge in [0.1, 0.15) is 5.82 Å². The van der Waals surface area contributed by atoms with Gasteiger partial charge in [0.15, 0.2) is 0 Å². The van der Waals surface area contributed by atoms with Crippen LogP contribution in [0.5, 0.6) is 0 Å². The number of carbonyl (C=O) groups is 1. The molecule has 0 aliphatic heterocycles. The third-order valence-corrected chi connectivity index (χ3v) is 5.56. The van der Waals surface area contributed by atoms with Crippen molar-refractivity contribution in [3.8, 4) is 22.5 Å². The molecule has 1 heterocycles. The predicted octanol–water partition coefficient (Wildman–Crippen LogP) is 6.15. The fourth-order valence-electron chi connectivity index (χ4n) is 2.80. The summed E-state index contributed by atoms with van der Waals surface area (Å²) in [7, 11) is 0. The number of amides is 1. The van der Waals surface area contributed by atoms with E-state index in [0.717, 1.165) is 0 Å². The average molecular weight is 482 g/mol. The number of nitrogens with zero attached hydrogens (tertiary/aromatic N) is 2. The SMILES string of the molecule is CC(C)(C)C(=O)NCc1ccc(Cl)c(-c2cc(-c3ccc(Cl)c(Cl)c3)nc(N)n2)c1F. The van der Waals surface area contributed by atoms with Crippen LogP contribution in [-0.2, 0) is 11.3 Å². The Morgan fingerprint density at radius 3 is 2.29 bits per heavy atom. The van der Waals surface area contributed by atoms with Crippen LogP contribution in [0, 0.1) is 11.2 Å². The molecule has 0 saturated carbocycles. The minimum atomic E-state index is -0.597. The number of hydrogen-bond acceptors (Lipinski definition) is 4. The molecule has 0 aliphatic rings. The molecule has 0 saturated heterocycles. The molecular formula is C22H20Cl3FN4O. The van der Waals surface area contributed by atoms with Gasteiger partial charge in [-0.2, -0.15) is 0 Å². The fourth-order valence-corrected chi connectivity index (χ4v) is 3.35. The number of nitrogens with one attached hydrogen (secondary N) is 1. The van der Waals surface area contributed by atoms with Crippen molar-refractivity contribution in [3.63, 3.8) is 0 Å². The zero-order chi connectivity index (χ0) is 22.9. The van der Waals surface area contributed by atoms with Crippen LogP contribution in [0.15, 0.2) is 36.4 Å². The molecule has 5 nitrogen and oxygen atoms in total. The number of rotatable bonds is 4. The van der Waals surface area contributed by atoms with Crippen molar-refractivity contribution in [3.05, 3.63) is 62.8 Å². The van der Waals surface area contributed by atoms with E-state index in [9.17, 15) is 4.79 Å². The Balaban J connectivity index is 2.03. The van der Waals surface area contributed by atoms with Gasteiger partial charge in [0, 0.05) is 23.1 Å². The summed E-state index contributed by atoms with van der Waals surface area (Å²) < 4.78 is 15.4. The zero-order valence-corrected chi connectivity index (χ0v) is 19.3. The Kier molecular flexibility index (Phi) is 6.74. The maximum absolute atomic E-state index is 15.4. The number of carbonyl (C=O) groups excluding carboxylic acids is 1. The molecule has 3 aromatic rings. The van der Waals surface area contributed by atoms with Gasteiger partial charge in [-0.25, -0.2) is 14.4 Å². The lowest BCUT2D eigenvalue weighted by Gasteiger charge is -2.18. The smallest absolute Gasteiger partial charge is 0.225 e. The Labute approximate surface area is 194 Å². The normalized spacial score (nSPS) is 11.5. The first kappa shape index (κ1) is 23.3. The number of aromatic nitrogens is 2. The summed E-state index contributed by atoms with van der Waals surface area (Å²) in [6, 6.07) is 9.62. The Bertz CT molecular complexity index is 1160. The molecule has 0 unspecified atom stereocenters. The highest BCUT2D eigenvalue weighted by atomic mass is 35.5. The van der Waals surface area contributed by atoms with Crippen LogP contribution in [-0.4, -0.2) is 15.9 Å². The monoisotopic (exact) mass is 480 g/mol. The van der Waals surface area contributed by atoms with E-state index in [4.69, 9.17) is 40.5 Å². The van der Waals surface area contributed by atoms with Gasteiger partial charge in [-0.15, -0.1) is 0 Å². The molecule has 2 aromatic carbocycles. The van der Waals surface area contributed by atoms with Gasteiger partial charge in [-0.1, -0.05) is 67.7 Å². The predicted molar refractivity (Wildman–Crippen MR) is 124 cm³/mol. The number of nitrogen functional groups attached to an aromatic ring is 1. The number of benzene rings is 2. The molecule has 31 heavy (non-hydrogen) atoms. The number of anilines is 1. The van der Waals surface area contributed by atoms with E-state index in [1.165, 1.54) is 6.07 Å². The molecule has 1 aromatic heterocycles. The molecule has 0 atom stereocenters. The van der Waals surface area contributed by atoms with Crippen molar-refractivity contribution < 1.29 is 9.18 Å². The summed E-state index contributed by atoms with van der Waals surface area (Å²) in [6.07, 6.45) is 0. The summed E-state index contributed by atoms with van der Waals surface area (Å²) >= 11 is 18.4. The van der Waals surface area contributed by atoms with E-state index in [-0.39, 0.29) is 40.2 Å². The lowest BCUT2D eigenvalue weighted by molar-refractivity contribution is -0.128. The highest BCUT2D eigenvalue weighted by Gasteiger charge is 2.22. The van der Waals surface area contributed by atoms with Crippen molar-refractivity contribution >= 4 is 46.7 Å². The van der Waals surface area contributed by atoms with Gasteiger partial charge in [0.25, 0.3) is 0 Å². The summed E-state index contributed by atoms with van der Waals surface area (Å²) in [5, 5.41) is 3.63. The summed E-state index contributed by atoms with van der Waals surface area (Å²) in [6.45, 7) is 5.34. The van der Waals surface area contributed by atoms with Crippen molar-refractivity contribution in [2.24, 2.45) is 5.41 Å². The van der Waals surface area contributed by atoms with E-state index in [1.54, 1.807) is 51.1 Å². The fraction of sp³-hybridized carbons (Fsp3) is 0.227. The highest BCUT2D eigenvalue weighted by Crippen LogP contribution is 2.35. The van der Waals surface area contributed by atoms with Crippen molar-refractivity contribution in [1.29, 1.82) is 0 Å². The van der Waals surface area contributed by atoms with Gasteiger partial charge in [0.05, 0.1) is 32.0 Å². The first-order valence-electron chi connectivity index (χ1n) is 9.33. The van der Waals surface area contributed by atoms with Gasteiger partial charge < -0.3 is 11.1 Å². The first-order chi connectivity index (χ1) is 14.5. The zero-order valence-electron chi connectivity index (χ0n) is 17.1. The maximum Gasteiger partial charge on any atom is 0.225 e. The van der Waals surface area contributed by atoms with Crippen LogP contribution in [0.25, 0.3) is 22.5 Å². The molecule has 3 rings (SSSR count). The van der Waals surface area contributed by atoms with E-state index in [0.29, 0.717) is 21.3 Å². The molecule has 0 bridgehead atoms. The van der Waals surface area contributed by atoms with E-state index >= 15 is 4.39 Å². The average Bonchev–Trinajstić information content (AvgIpc) is 2.68. The number of hydrogen-bond donors (Lipinski definition) is 2. The topological polar surface area (TPSA) is 80.9 Å². The molecule has 1 amide bonds.